The highest BCUT2D eigenvalue weighted by atomic mass is 35.5. The van der Waals surface area contributed by atoms with Crippen LogP contribution in [0.15, 0.2) is 18.2 Å². The first-order valence-corrected chi connectivity index (χ1v) is 8.78. The number of fused-ring (bicyclic) bond motifs is 1. The molecular weight excluding hydrogens is 357 g/mol. The van der Waals surface area contributed by atoms with E-state index in [2.05, 4.69) is 54.8 Å². The number of halogens is 2. The lowest BCUT2D eigenvalue weighted by atomic mass is 9.67. The molecule has 1 saturated heterocycles. The molecule has 1 saturated carbocycles. The van der Waals surface area contributed by atoms with Crippen LogP contribution in [0, 0.1) is 18.3 Å². The summed E-state index contributed by atoms with van der Waals surface area (Å²) in [7, 11) is 4.13. The van der Waals surface area contributed by atoms with Gasteiger partial charge in [0.05, 0.1) is 5.41 Å². The molecule has 2 aliphatic rings. The van der Waals surface area contributed by atoms with Crippen molar-refractivity contribution in [3.8, 4) is 0 Å². The molecule has 2 fully saturated rings. The highest BCUT2D eigenvalue weighted by Crippen LogP contribution is 2.44. The van der Waals surface area contributed by atoms with Crippen molar-refractivity contribution in [2.45, 2.75) is 39.2 Å². The highest BCUT2D eigenvalue weighted by Gasteiger charge is 2.49. The van der Waals surface area contributed by atoms with Gasteiger partial charge >= 0.3 is 0 Å². The fraction of sp³-hybridized carbons (Fsp3) is 0.632. The standard InChI is InChI=1S/C19H29N3O.2ClH/c1-14-7-8-15(12-22(2)3)10-17(14)21-18(23)19-9-5-4-6-16(19)11-20-13-19;;/h7-8,10,16,20H,4-6,9,11-13H2,1-3H3,(H,21,23);2*1H/t16-,19+;;/m0../s1. The van der Waals surface area contributed by atoms with Gasteiger partial charge in [-0.3, -0.25) is 4.79 Å². The molecule has 1 aliphatic carbocycles. The molecule has 0 aromatic heterocycles. The molecule has 25 heavy (non-hydrogen) atoms. The molecule has 1 amide bonds. The Kier molecular flexibility index (Phi) is 8.20. The summed E-state index contributed by atoms with van der Waals surface area (Å²) in [5.74, 6) is 0.721. The fourth-order valence-electron chi connectivity index (χ4n) is 4.20. The van der Waals surface area contributed by atoms with Crippen molar-refractivity contribution in [2.75, 3.05) is 32.5 Å². The minimum atomic E-state index is -0.192. The molecule has 4 nitrogen and oxygen atoms in total. The van der Waals surface area contributed by atoms with Crippen molar-refractivity contribution in [3.05, 3.63) is 29.3 Å². The lowest BCUT2D eigenvalue weighted by Gasteiger charge is -2.37. The number of amides is 1. The average molecular weight is 388 g/mol. The van der Waals surface area contributed by atoms with Gasteiger partial charge in [-0.05, 0) is 63.5 Å². The normalized spacial score (nSPS) is 24.9. The Bertz CT molecular complexity index is 594. The molecule has 6 heteroatoms. The van der Waals surface area contributed by atoms with E-state index in [1.165, 1.54) is 24.8 Å². The Balaban J connectivity index is 0.00000156. The number of nitrogens with one attached hydrogen (secondary N) is 2. The maximum Gasteiger partial charge on any atom is 0.232 e. The first kappa shape index (κ1) is 22.2. The predicted octanol–water partition coefficient (Wildman–Crippen LogP) is 3.62. The number of anilines is 1. The van der Waals surface area contributed by atoms with Crippen LogP contribution in [-0.4, -0.2) is 38.0 Å². The molecule has 2 N–H and O–H groups in total. The second-order valence-corrected chi connectivity index (χ2v) is 7.57. The van der Waals surface area contributed by atoms with Crippen LogP contribution >= 0.6 is 24.8 Å². The second kappa shape index (κ2) is 9.22. The predicted molar refractivity (Wildman–Crippen MR) is 109 cm³/mol. The molecule has 1 aliphatic heterocycles. The van der Waals surface area contributed by atoms with E-state index < -0.39 is 0 Å². The van der Waals surface area contributed by atoms with E-state index in [0.29, 0.717) is 5.92 Å². The Hall–Kier alpha value is -0.810. The Morgan fingerprint density at radius 2 is 2.08 bits per heavy atom. The highest BCUT2D eigenvalue weighted by molar-refractivity contribution is 5.96. The maximum absolute atomic E-state index is 13.1. The van der Waals surface area contributed by atoms with Gasteiger partial charge in [0, 0.05) is 18.8 Å². The molecule has 1 heterocycles. The number of benzene rings is 1. The third-order valence-corrected chi connectivity index (χ3v) is 5.54. The fourth-order valence-corrected chi connectivity index (χ4v) is 4.20. The van der Waals surface area contributed by atoms with Crippen molar-refractivity contribution in [3.63, 3.8) is 0 Å². The number of nitrogens with zero attached hydrogens (tertiary/aromatic N) is 1. The molecular formula is C19H31Cl2N3O. The second-order valence-electron chi connectivity index (χ2n) is 7.57. The summed E-state index contributed by atoms with van der Waals surface area (Å²) in [6, 6.07) is 6.38. The molecule has 0 bridgehead atoms. The van der Waals surface area contributed by atoms with Crippen molar-refractivity contribution in [1.82, 2.24) is 10.2 Å². The van der Waals surface area contributed by atoms with E-state index in [-0.39, 0.29) is 36.1 Å². The van der Waals surface area contributed by atoms with Gasteiger partial charge in [0.25, 0.3) is 0 Å². The summed E-state index contributed by atoms with van der Waals surface area (Å²) in [5.41, 5.74) is 3.15. The van der Waals surface area contributed by atoms with E-state index in [1.54, 1.807) is 0 Å². The minimum Gasteiger partial charge on any atom is -0.325 e. The number of hydrogen-bond donors (Lipinski definition) is 2. The largest absolute Gasteiger partial charge is 0.325 e. The van der Waals surface area contributed by atoms with Crippen molar-refractivity contribution < 1.29 is 4.79 Å². The lowest BCUT2D eigenvalue weighted by Crippen LogP contribution is -2.44. The van der Waals surface area contributed by atoms with Gasteiger partial charge in [-0.25, -0.2) is 0 Å². The van der Waals surface area contributed by atoms with Crippen LogP contribution in [-0.2, 0) is 11.3 Å². The van der Waals surface area contributed by atoms with Gasteiger partial charge in [0.15, 0.2) is 0 Å². The summed E-state index contributed by atoms with van der Waals surface area (Å²) < 4.78 is 0. The third kappa shape index (κ3) is 4.68. The number of carbonyl (C=O) groups is 1. The molecule has 0 radical (unpaired) electrons. The van der Waals surface area contributed by atoms with E-state index in [9.17, 15) is 4.79 Å². The van der Waals surface area contributed by atoms with Gasteiger partial charge in [0.2, 0.25) is 5.91 Å². The maximum atomic E-state index is 13.1. The average Bonchev–Trinajstić information content (AvgIpc) is 2.95. The van der Waals surface area contributed by atoms with E-state index in [1.807, 2.05) is 0 Å². The SMILES string of the molecule is Cc1ccc(CN(C)C)cc1NC(=O)[C@@]12CCCC[C@H]1CNC2.Cl.Cl. The number of rotatable bonds is 4. The summed E-state index contributed by atoms with van der Waals surface area (Å²) in [4.78, 5) is 15.2. The summed E-state index contributed by atoms with van der Waals surface area (Å²) in [6.07, 6.45) is 4.64. The first-order valence-electron chi connectivity index (χ1n) is 8.78. The molecule has 1 aromatic rings. The molecule has 1 aromatic carbocycles. The molecule has 0 unspecified atom stereocenters. The van der Waals surface area contributed by atoms with Crippen molar-refractivity contribution in [2.24, 2.45) is 11.3 Å². The van der Waals surface area contributed by atoms with E-state index >= 15 is 0 Å². The van der Waals surface area contributed by atoms with Crippen LogP contribution in [0.1, 0.15) is 36.8 Å². The zero-order chi connectivity index (χ0) is 16.4. The van der Waals surface area contributed by atoms with Crippen LogP contribution in [0.3, 0.4) is 0 Å². The summed E-state index contributed by atoms with van der Waals surface area (Å²) in [6.45, 7) is 4.78. The monoisotopic (exact) mass is 387 g/mol. The lowest BCUT2D eigenvalue weighted by molar-refractivity contribution is -0.128. The number of aryl methyl sites for hydroxylation is 1. The van der Waals surface area contributed by atoms with Gasteiger partial charge < -0.3 is 15.5 Å². The van der Waals surface area contributed by atoms with Gasteiger partial charge in [-0.2, -0.15) is 0 Å². The molecule has 142 valence electrons. The van der Waals surface area contributed by atoms with Gasteiger partial charge in [-0.1, -0.05) is 25.0 Å². The smallest absolute Gasteiger partial charge is 0.232 e. The van der Waals surface area contributed by atoms with Crippen LogP contribution in [0.4, 0.5) is 5.69 Å². The zero-order valence-corrected chi connectivity index (χ0v) is 17.1. The van der Waals surface area contributed by atoms with Crippen LogP contribution in [0.25, 0.3) is 0 Å². The Morgan fingerprint density at radius 1 is 1.32 bits per heavy atom. The van der Waals surface area contributed by atoms with Crippen molar-refractivity contribution >= 4 is 36.4 Å². The molecule has 3 rings (SSSR count). The molecule has 2 atom stereocenters. The van der Waals surface area contributed by atoms with Gasteiger partial charge in [0.1, 0.15) is 0 Å². The van der Waals surface area contributed by atoms with E-state index in [0.717, 1.165) is 37.3 Å². The summed E-state index contributed by atoms with van der Waals surface area (Å²) in [5, 5.41) is 6.71. The third-order valence-electron chi connectivity index (χ3n) is 5.54. The Labute approximate surface area is 163 Å². The Morgan fingerprint density at radius 3 is 2.80 bits per heavy atom. The first-order chi connectivity index (χ1) is 11.0. The van der Waals surface area contributed by atoms with Crippen molar-refractivity contribution in [1.29, 1.82) is 0 Å². The van der Waals surface area contributed by atoms with Crippen LogP contribution in [0.2, 0.25) is 0 Å². The van der Waals surface area contributed by atoms with Crippen LogP contribution < -0.4 is 10.6 Å². The zero-order valence-electron chi connectivity index (χ0n) is 15.4. The minimum absolute atomic E-state index is 0. The number of hydrogen-bond acceptors (Lipinski definition) is 3. The summed E-state index contributed by atoms with van der Waals surface area (Å²) >= 11 is 0. The van der Waals surface area contributed by atoms with Gasteiger partial charge in [-0.15, -0.1) is 24.8 Å². The number of carbonyl (C=O) groups excluding carboxylic acids is 1. The quantitative estimate of drug-likeness (QED) is 0.828. The van der Waals surface area contributed by atoms with E-state index in [4.69, 9.17) is 0 Å². The molecule has 0 spiro atoms. The van der Waals surface area contributed by atoms with Crippen LogP contribution in [0.5, 0.6) is 0 Å². The topological polar surface area (TPSA) is 44.4 Å².